The first kappa shape index (κ1) is 27.9. The zero-order chi connectivity index (χ0) is 27.8. The van der Waals surface area contributed by atoms with Crippen molar-refractivity contribution in [1.82, 2.24) is 15.8 Å². The van der Waals surface area contributed by atoms with E-state index in [1.165, 1.54) is 44.1 Å². The Morgan fingerprint density at radius 2 is 1.51 bits per heavy atom. The molecular weight excluding hydrogens is 518 g/mol. The summed E-state index contributed by atoms with van der Waals surface area (Å²) in [6.45, 7) is 4.09. The normalized spacial score (nSPS) is 13.9. The van der Waals surface area contributed by atoms with Crippen molar-refractivity contribution in [2.24, 2.45) is 0 Å². The summed E-state index contributed by atoms with van der Waals surface area (Å²) in [6.07, 6.45) is 0.248. The van der Waals surface area contributed by atoms with E-state index in [4.69, 9.17) is 4.74 Å². The highest BCUT2D eigenvalue weighted by Crippen LogP contribution is 2.30. The van der Waals surface area contributed by atoms with Gasteiger partial charge in [0.2, 0.25) is 5.91 Å². The fourth-order valence-corrected chi connectivity index (χ4v) is 5.55. The van der Waals surface area contributed by atoms with Gasteiger partial charge in [0.15, 0.2) is 0 Å². The second kappa shape index (κ2) is 12.6. The molecule has 2 amide bonds. The number of sulfonamides is 1. The zero-order valence-electron chi connectivity index (χ0n) is 22.0. The smallest absolute Gasteiger partial charge is 0.269 e. The molecule has 0 radical (unpaired) electrons. The van der Waals surface area contributed by atoms with Crippen LogP contribution in [-0.2, 0) is 14.8 Å². The largest absolute Gasteiger partial charge is 0.495 e. The molecule has 0 aliphatic carbocycles. The van der Waals surface area contributed by atoms with E-state index in [1.54, 1.807) is 24.3 Å². The average molecular weight is 552 g/mol. The van der Waals surface area contributed by atoms with Crippen LogP contribution in [0.1, 0.15) is 16.8 Å². The van der Waals surface area contributed by atoms with E-state index in [-0.39, 0.29) is 22.8 Å². The lowest BCUT2D eigenvalue weighted by Gasteiger charge is -2.36. The number of anilines is 2. The quantitative estimate of drug-likeness (QED) is 0.393. The van der Waals surface area contributed by atoms with Crippen LogP contribution in [0.3, 0.4) is 0 Å². The van der Waals surface area contributed by atoms with E-state index in [9.17, 15) is 18.0 Å². The van der Waals surface area contributed by atoms with Crippen LogP contribution in [0.15, 0.2) is 83.8 Å². The Kier molecular flexibility index (Phi) is 9.05. The maximum Gasteiger partial charge on any atom is 0.269 e. The summed E-state index contributed by atoms with van der Waals surface area (Å²) in [5.41, 5.74) is 6.64. The van der Waals surface area contributed by atoms with Gasteiger partial charge in [0.1, 0.15) is 5.75 Å². The number of nitrogens with one attached hydrogen (secondary N) is 2. The van der Waals surface area contributed by atoms with Gasteiger partial charge in [0.05, 0.1) is 17.7 Å². The molecule has 1 saturated heterocycles. The summed E-state index contributed by atoms with van der Waals surface area (Å²) in [5, 5.41) is 0. The molecule has 0 spiro atoms. The first-order valence-electron chi connectivity index (χ1n) is 12.6. The number of piperazine rings is 1. The Morgan fingerprint density at radius 3 is 2.18 bits per heavy atom. The number of para-hydroxylation sites is 3. The van der Waals surface area contributed by atoms with E-state index in [0.717, 1.165) is 30.5 Å². The summed E-state index contributed by atoms with van der Waals surface area (Å²) in [5.74, 6) is -0.418. The van der Waals surface area contributed by atoms with Crippen molar-refractivity contribution in [3.05, 3.63) is 84.4 Å². The SMILES string of the molecule is COc1ccccc1N(C)S(=O)(=O)c1ccc(C(=O)NNC(=O)CCN2CCN(c3ccccc3)CC2)cc1. The Balaban J connectivity index is 1.24. The highest BCUT2D eigenvalue weighted by atomic mass is 32.2. The van der Waals surface area contributed by atoms with Gasteiger partial charge in [0, 0.05) is 57.4 Å². The number of carbonyl (C=O) groups is 2. The first-order valence-corrected chi connectivity index (χ1v) is 14.1. The van der Waals surface area contributed by atoms with Gasteiger partial charge in [-0.1, -0.05) is 30.3 Å². The number of hydrazine groups is 1. The van der Waals surface area contributed by atoms with Gasteiger partial charge in [-0.2, -0.15) is 0 Å². The molecule has 0 atom stereocenters. The standard InChI is InChI=1S/C28H33N5O5S/c1-31(25-10-6-7-11-26(25)38-2)39(36,37)24-14-12-22(13-15-24)28(35)30-29-27(34)16-17-32-18-20-33(21-19-32)23-8-4-3-5-9-23/h3-15H,16-21H2,1-2H3,(H,29,34)(H,30,35). The second-order valence-corrected chi connectivity index (χ2v) is 11.1. The van der Waals surface area contributed by atoms with Crippen molar-refractivity contribution in [3.63, 3.8) is 0 Å². The monoisotopic (exact) mass is 551 g/mol. The van der Waals surface area contributed by atoms with Gasteiger partial charge in [0.25, 0.3) is 15.9 Å². The number of amides is 2. The van der Waals surface area contributed by atoms with Crippen molar-refractivity contribution in [2.45, 2.75) is 11.3 Å². The minimum Gasteiger partial charge on any atom is -0.495 e. The maximum absolute atomic E-state index is 13.1. The van der Waals surface area contributed by atoms with Crippen LogP contribution >= 0.6 is 0 Å². The summed E-state index contributed by atoms with van der Waals surface area (Å²) in [6, 6.07) is 22.5. The van der Waals surface area contributed by atoms with Crippen molar-refractivity contribution >= 4 is 33.2 Å². The molecule has 11 heteroatoms. The van der Waals surface area contributed by atoms with E-state index in [1.807, 2.05) is 18.2 Å². The number of nitrogens with zero attached hydrogens (tertiary/aromatic N) is 3. The number of methoxy groups -OCH3 is 1. The fraction of sp³-hybridized carbons (Fsp3) is 0.286. The fourth-order valence-electron chi connectivity index (χ4n) is 4.35. The van der Waals surface area contributed by atoms with Gasteiger partial charge >= 0.3 is 0 Å². The van der Waals surface area contributed by atoms with Crippen molar-refractivity contribution < 1.29 is 22.7 Å². The third kappa shape index (κ3) is 6.87. The van der Waals surface area contributed by atoms with Crippen LogP contribution in [0.5, 0.6) is 5.75 Å². The van der Waals surface area contributed by atoms with Crippen LogP contribution in [0.4, 0.5) is 11.4 Å². The number of hydrogen-bond donors (Lipinski definition) is 2. The minimum absolute atomic E-state index is 0.0175. The molecule has 1 heterocycles. The highest BCUT2D eigenvalue weighted by molar-refractivity contribution is 7.92. The van der Waals surface area contributed by atoms with Gasteiger partial charge in [-0.25, -0.2) is 8.42 Å². The maximum atomic E-state index is 13.1. The highest BCUT2D eigenvalue weighted by Gasteiger charge is 2.24. The topological polar surface area (TPSA) is 111 Å². The van der Waals surface area contributed by atoms with Gasteiger partial charge < -0.3 is 9.64 Å². The summed E-state index contributed by atoms with van der Waals surface area (Å²) in [4.78, 5) is 29.4. The lowest BCUT2D eigenvalue weighted by molar-refractivity contribution is -0.122. The molecule has 1 aliphatic heterocycles. The third-order valence-corrected chi connectivity index (χ3v) is 8.45. The number of hydrogen-bond acceptors (Lipinski definition) is 7. The predicted molar refractivity (Wildman–Crippen MR) is 150 cm³/mol. The van der Waals surface area contributed by atoms with Crippen LogP contribution < -0.4 is 24.8 Å². The number of benzene rings is 3. The first-order chi connectivity index (χ1) is 18.8. The molecule has 1 fully saturated rings. The molecule has 0 aromatic heterocycles. The van der Waals surface area contributed by atoms with Crippen LogP contribution in [0.25, 0.3) is 0 Å². The number of rotatable bonds is 9. The molecule has 0 saturated carbocycles. The van der Waals surface area contributed by atoms with E-state index in [2.05, 4.69) is 32.8 Å². The third-order valence-electron chi connectivity index (χ3n) is 6.66. The zero-order valence-corrected chi connectivity index (χ0v) is 22.9. The number of carbonyl (C=O) groups excluding carboxylic acids is 2. The van der Waals surface area contributed by atoms with Crippen molar-refractivity contribution in [3.8, 4) is 5.75 Å². The molecule has 3 aromatic rings. The summed E-state index contributed by atoms with van der Waals surface area (Å²) in [7, 11) is -0.978. The molecule has 0 bridgehead atoms. The lowest BCUT2D eigenvalue weighted by Crippen LogP contribution is -2.48. The second-order valence-electron chi connectivity index (χ2n) is 9.09. The van der Waals surface area contributed by atoms with E-state index in [0.29, 0.717) is 18.0 Å². The van der Waals surface area contributed by atoms with Crippen LogP contribution in [0.2, 0.25) is 0 Å². The van der Waals surface area contributed by atoms with Crippen molar-refractivity contribution in [2.75, 3.05) is 56.1 Å². The van der Waals surface area contributed by atoms with Crippen LogP contribution in [-0.4, -0.2) is 72.0 Å². The van der Waals surface area contributed by atoms with Gasteiger partial charge in [-0.15, -0.1) is 0 Å². The molecule has 2 N–H and O–H groups in total. The van der Waals surface area contributed by atoms with E-state index < -0.39 is 15.9 Å². The molecule has 3 aromatic carbocycles. The van der Waals surface area contributed by atoms with Gasteiger partial charge in [-0.05, 0) is 48.5 Å². The molecule has 10 nitrogen and oxygen atoms in total. The Labute approximate surface area is 229 Å². The number of ether oxygens (including phenoxy) is 1. The van der Waals surface area contributed by atoms with Crippen molar-refractivity contribution in [1.29, 1.82) is 0 Å². The average Bonchev–Trinajstić information content (AvgIpc) is 2.99. The molecule has 4 rings (SSSR count). The minimum atomic E-state index is -3.89. The Bertz CT molecular complexity index is 1370. The molecule has 39 heavy (non-hydrogen) atoms. The summed E-state index contributed by atoms with van der Waals surface area (Å²) < 4.78 is 32.6. The predicted octanol–water partition coefficient (Wildman–Crippen LogP) is 2.49. The molecule has 0 unspecified atom stereocenters. The Hall–Kier alpha value is -4.09. The Morgan fingerprint density at radius 1 is 0.872 bits per heavy atom. The molecule has 1 aliphatic rings. The molecular formula is C28H33N5O5S. The lowest BCUT2D eigenvalue weighted by atomic mass is 10.2. The molecule has 206 valence electrons. The van der Waals surface area contributed by atoms with Gasteiger partial charge in [-0.3, -0.25) is 29.6 Å². The summed E-state index contributed by atoms with van der Waals surface area (Å²) >= 11 is 0. The van der Waals surface area contributed by atoms with E-state index >= 15 is 0 Å². The van der Waals surface area contributed by atoms with Crippen LogP contribution in [0, 0.1) is 0 Å².